The van der Waals surface area contributed by atoms with Crippen molar-refractivity contribution >= 4 is 17.8 Å². The quantitative estimate of drug-likeness (QED) is 0.699. The number of nitrogens with zero attached hydrogens (tertiary/aromatic N) is 5. The number of carbonyl (C=O) groups excluding carboxylic acids is 2. The van der Waals surface area contributed by atoms with Crippen LogP contribution in [0.15, 0.2) is 59.5 Å². The summed E-state index contributed by atoms with van der Waals surface area (Å²) in [6.45, 7) is 2.61. The van der Waals surface area contributed by atoms with Crippen molar-refractivity contribution in [2.45, 2.75) is 6.54 Å². The first-order chi connectivity index (χ1) is 14.2. The van der Waals surface area contributed by atoms with Crippen LogP contribution < -0.4 is 10.2 Å². The van der Waals surface area contributed by atoms with E-state index in [9.17, 15) is 9.59 Å². The van der Waals surface area contributed by atoms with Crippen molar-refractivity contribution in [3.05, 3.63) is 72.2 Å². The molecule has 1 N–H and O–H groups in total. The standard InChI is InChI=1S/C20H20N6O3/c27-18(23-14-15-4-2-13-29-15)16-5-1-6-17(24-16)19(28)25-9-11-26(12-10-25)20-21-7-3-8-22-20/h1-8,13H,9-12,14H2,(H,23,27). The number of pyridine rings is 1. The highest BCUT2D eigenvalue weighted by Gasteiger charge is 2.24. The van der Waals surface area contributed by atoms with Crippen LogP contribution in [0.25, 0.3) is 0 Å². The minimum atomic E-state index is -0.359. The molecule has 1 saturated heterocycles. The fourth-order valence-corrected chi connectivity index (χ4v) is 3.08. The van der Waals surface area contributed by atoms with E-state index < -0.39 is 0 Å². The first-order valence-corrected chi connectivity index (χ1v) is 9.29. The minimum absolute atomic E-state index is 0.193. The Labute approximate surface area is 167 Å². The lowest BCUT2D eigenvalue weighted by Crippen LogP contribution is -2.49. The average molecular weight is 392 g/mol. The number of amides is 2. The van der Waals surface area contributed by atoms with Gasteiger partial charge in [0.15, 0.2) is 0 Å². The SMILES string of the molecule is O=C(NCc1ccco1)c1cccc(C(=O)N2CCN(c3ncccn3)CC2)n1. The van der Waals surface area contributed by atoms with Crippen molar-refractivity contribution in [1.82, 2.24) is 25.2 Å². The molecule has 0 atom stereocenters. The third-order valence-electron chi connectivity index (χ3n) is 4.61. The second kappa shape index (κ2) is 8.51. The first-order valence-electron chi connectivity index (χ1n) is 9.29. The van der Waals surface area contributed by atoms with Crippen LogP contribution in [-0.2, 0) is 6.54 Å². The molecule has 3 aromatic heterocycles. The van der Waals surface area contributed by atoms with Crippen LogP contribution in [0.1, 0.15) is 26.7 Å². The minimum Gasteiger partial charge on any atom is -0.467 e. The summed E-state index contributed by atoms with van der Waals surface area (Å²) >= 11 is 0. The fraction of sp³-hybridized carbons (Fsp3) is 0.250. The summed E-state index contributed by atoms with van der Waals surface area (Å²) in [7, 11) is 0. The van der Waals surface area contributed by atoms with E-state index in [0.717, 1.165) is 0 Å². The van der Waals surface area contributed by atoms with E-state index >= 15 is 0 Å². The van der Waals surface area contributed by atoms with Crippen LogP contribution in [0.2, 0.25) is 0 Å². The molecule has 1 fully saturated rings. The van der Waals surface area contributed by atoms with E-state index in [0.29, 0.717) is 37.9 Å². The van der Waals surface area contributed by atoms with Crippen molar-refractivity contribution < 1.29 is 14.0 Å². The molecule has 4 heterocycles. The number of furan rings is 1. The van der Waals surface area contributed by atoms with E-state index in [4.69, 9.17) is 4.42 Å². The van der Waals surface area contributed by atoms with Gasteiger partial charge in [-0.3, -0.25) is 9.59 Å². The molecular weight excluding hydrogens is 372 g/mol. The summed E-state index contributed by atoms with van der Waals surface area (Å²) < 4.78 is 5.19. The lowest BCUT2D eigenvalue weighted by atomic mass is 10.2. The van der Waals surface area contributed by atoms with Crippen LogP contribution in [0.4, 0.5) is 5.95 Å². The van der Waals surface area contributed by atoms with Gasteiger partial charge in [0.25, 0.3) is 11.8 Å². The summed E-state index contributed by atoms with van der Waals surface area (Å²) in [5.41, 5.74) is 0.443. The van der Waals surface area contributed by atoms with Gasteiger partial charge in [0, 0.05) is 38.6 Å². The number of nitrogens with one attached hydrogen (secondary N) is 1. The molecule has 0 aliphatic carbocycles. The van der Waals surface area contributed by atoms with Crippen molar-refractivity contribution in [3.63, 3.8) is 0 Å². The van der Waals surface area contributed by atoms with Crippen molar-refractivity contribution in [3.8, 4) is 0 Å². The van der Waals surface area contributed by atoms with Gasteiger partial charge in [0.2, 0.25) is 5.95 Å². The highest BCUT2D eigenvalue weighted by atomic mass is 16.3. The Balaban J connectivity index is 1.36. The summed E-state index contributed by atoms with van der Waals surface area (Å²) in [5, 5.41) is 2.73. The zero-order valence-electron chi connectivity index (χ0n) is 15.7. The van der Waals surface area contributed by atoms with Crippen LogP contribution in [0, 0.1) is 0 Å². The van der Waals surface area contributed by atoms with E-state index in [-0.39, 0.29) is 29.7 Å². The van der Waals surface area contributed by atoms with Gasteiger partial charge in [-0.25, -0.2) is 15.0 Å². The van der Waals surface area contributed by atoms with Crippen LogP contribution in [0.5, 0.6) is 0 Å². The van der Waals surface area contributed by atoms with E-state index in [1.807, 2.05) is 4.90 Å². The van der Waals surface area contributed by atoms with Gasteiger partial charge in [-0.1, -0.05) is 6.07 Å². The molecule has 1 aliphatic rings. The van der Waals surface area contributed by atoms with Crippen molar-refractivity contribution in [1.29, 1.82) is 0 Å². The predicted molar refractivity (Wildman–Crippen MR) is 104 cm³/mol. The molecule has 0 bridgehead atoms. The number of piperazine rings is 1. The maximum atomic E-state index is 12.8. The fourth-order valence-electron chi connectivity index (χ4n) is 3.08. The average Bonchev–Trinajstić information content (AvgIpc) is 3.31. The molecule has 1 aliphatic heterocycles. The molecular formula is C20H20N6O3. The van der Waals surface area contributed by atoms with Gasteiger partial charge in [-0.15, -0.1) is 0 Å². The molecule has 9 nitrogen and oxygen atoms in total. The molecule has 4 rings (SSSR count). The molecule has 29 heavy (non-hydrogen) atoms. The Hall–Kier alpha value is -3.75. The van der Waals surface area contributed by atoms with Crippen LogP contribution >= 0.6 is 0 Å². The zero-order chi connectivity index (χ0) is 20.1. The van der Waals surface area contributed by atoms with Gasteiger partial charge < -0.3 is 19.5 Å². The highest BCUT2D eigenvalue weighted by molar-refractivity contribution is 5.96. The number of hydrogen-bond acceptors (Lipinski definition) is 7. The molecule has 2 amide bonds. The maximum Gasteiger partial charge on any atom is 0.272 e. The predicted octanol–water partition coefficient (Wildman–Crippen LogP) is 1.36. The lowest BCUT2D eigenvalue weighted by Gasteiger charge is -2.34. The van der Waals surface area contributed by atoms with Gasteiger partial charge in [0.1, 0.15) is 17.1 Å². The molecule has 3 aromatic rings. The Morgan fingerprint density at radius 3 is 2.45 bits per heavy atom. The Kier molecular flexibility index (Phi) is 5.46. The number of rotatable bonds is 5. The van der Waals surface area contributed by atoms with E-state index in [1.165, 1.54) is 0 Å². The lowest BCUT2D eigenvalue weighted by molar-refractivity contribution is 0.0740. The second-order valence-corrected chi connectivity index (χ2v) is 6.50. The third kappa shape index (κ3) is 4.40. The summed E-state index contributed by atoms with van der Waals surface area (Å²) in [6.07, 6.45) is 4.95. The zero-order valence-corrected chi connectivity index (χ0v) is 15.7. The molecule has 9 heteroatoms. The monoisotopic (exact) mass is 392 g/mol. The van der Waals surface area contributed by atoms with Gasteiger partial charge in [-0.05, 0) is 30.3 Å². The van der Waals surface area contributed by atoms with Gasteiger partial charge in [0.05, 0.1) is 12.8 Å². The Bertz CT molecular complexity index is 969. The Morgan fingerprint density at radius 2 is 1.72 bits per heavy atom. The Morgan fingerprint density at radius 1 is 0.966 bits per heavy atom. The smallest absolute Gasteiger partial charge is 0.272 e. The van der Waals surface area contributed by atoms with Crippen LogP contribution in [0.3, 0.4) is 0 Å². The largest absolute Gasteiger partial charge is 0.467 e. The van der Waals surface area contributed by atoms with Gasteiger partial charge >= 0.3 is 0 Å². The molecule has 0 spiro atoms. The summed E-state index contributed by atoms with van der Waals surface area (Å²) in [4.78, 5) is 41.7. The summed E-state index contributed by atoms with van der Waals surface area (Å²) in [6, 6.07) is 10.2. The summed E-state index contributed by atoms with van der Waals surface area (Å²) in [5.74, 6) is 0.750. The van der Waals surface area contributed by atoms with E-state index in [1.54, 1.807) is 60.0 Å². The third-order valence-corrected chi connectivity index (χ3v) is 4.61. The molecule has 0 aromatic carbocycles. The van der Waals surface area contributed by atoms with E-state index in [2.05, 4.69) is 20.3 Å². The molecule has 148 valence electrons. The van der Waals surface area contributed by atoms with Crippen molar-refractivity contribution in [2.24, 2.45) is 0 Å². The molecule has 0 saturated carbocycles. The van der Waals surface area contributed by atoms with Gasteiger partial charge in [-0.2, -0.15) is 0 Å². The second-order valence-electron chi connectivity index (χ2n) is 6.50. The number of anilines is 1. The molecule has 0 unspecified atom stereocenters. The molecule has 0 radical (unpaired) electrons. The topological polar surface area (TPSA) is 104 Å². The first kappa shape index (κ1) is 18.6. The highest BCUT2D eigenvalue weighted by Crippen LogP contribution is 2.12. The number of carbonyl (C=O) groups is 2. The number of hydrogen-bond donors (Lipinski definition) is 1. The van der Waals surface area contributed by atoms with Crippen molar-refractivity contribution in [2.75, 3.05) is 31.1 Å². The number of aromatic nitrogens is 3. The maximum absolute atomic E-state index is 12.8. The normalized spacial score (nSPS) is 13.9. The van der Waals surface area contributed by atoms with Crippen LogP contribution in [-0.4, -0.2) is 57.8 Å².